The van der Waals surface area contributed by atoms with Crippen molar-refractivity contribution in [1.29, 1.82) is 0 Å². The van der Waals surface area contributed by atoms with Crippen molar-refractivity contribution in [1.82, 2.24) is 14.5 Å². The lowest BCUT2D eigenvalue weighted by atomic mass is 10.1. The van der Waals surface area contributed by atoms with Crippen molar-refractivity contribution >= 4 is 10.9 Å². The van der Waals surface area contributed by atoms with E-state index in [0.717, 1.165) is 0 Å². The molecule has 0 atom stereocenters. The van der Waals surface area contributed by atoms with Gasteiger partial charge in [0.1, 0.15) is 0 Å². The molecule has 1 saturated heterocycles. The average molecular weight is 231 g/mol. The molecule has 0 amide bonds. The molecule has 3 rings (SSSR count). The molecule has 0 bridgehead atoms. The van der Waals surface area contributed by atoms with Gasteiger partial charge in [0.25, 0.3) is 5.56 Å². The zero-order chi connectivity index (χ0) is 12.0. The van der Waals surface area contributed by atoms with Crippen molar-refractivity contribution in [2.24, 2.45) is 7.05 Å². The Hall–Kier alpha value is -1.88. The number of aromatic nitrogens is 2. The van der Waals surface area contributed by atoms with E-state index < -0.39 is 0 Å². The molecule has 0 radical (unpaired) electrons. The second-order valence-electron chi connectivity index (χ2n) is 4.35. The Kier molecular flexibility index (Phi) is 2.16. The van der Waals surface area contributed by atoms with Gasteiger partial charge in [-0.15, -0.1) is 0 Å². The fourth-order valence-electron chi connectivity index (χ4n) is 2.21. The van der Waals surface area contributed by atoms with Gasteiger partial charge in [0.15, 0.2) is 0 Å². The van der Waals surface area contributed by atoms with Crippen LogP contribution in [0.2, 0.25) is 0 Å². The van der Waals surface area contributed by atoms with Crippen LogP contribution in [0.25, 0.3) is 10.9 Å². The van der Waals surface area contributed by atoms with E-state index in [-0.39, 0.29) is 17.3 Å². The van der Waals surface area contributed by atoms with Gasteiger partial charge in [-0.25, -0.2) is 4.79 Å². The lowest BCUT2D eigenvalue weighted by Gasteiger charge is -2.28. The Morgan fingerprint density at radius 1 is 1.24 bits per heavy atom. The number of fused-ring (bicyclic) bond motifs is 1. The summed E-state index contributed by atoms with van der Waals surface area (Å²) in [4.78, 5) is 24.4. The number of aryl methyl sites for hydroxylation is 1. The molecule has 1 aliphatic rings. The Labute approximate surface area is 97.3 Å². The molecule has 2 aromatic rings. The van der Waals surface area contributed by atoms with Gasteiger partial charge in [0.2, 0.25) is 0 Å². The van der Waals surface area contributed by atoms with Crippen molar-refractivity contribution in [3.8, 4) is 0 Å². The molecule has 88 valence electrons. The first-order valence-electron chi connectivity index (χ1n) is 5.61. The van der Waals surface area contributed by atoms with Crippen molar-refractivity contribution in [2.75, 3.05) is 13.1 Å². The topological polar surface area (TPSA) is 56.0 Å². The number of para-hydroxylation sites is 1. The minimum absolute atomic E-state index is 0.00851. The van der Waals surface area contributed by atoms with E-state index in [1.807, 2.05) is 12.1 Å². The van der Waals surface area contributed by atoms with E-state index in [4.69, 9.17) is 0 Å². The number of nitrogens with zero attached hydrogens (tertiary/aromatic N) is 2. The van der Waals surface area contributed by atoms with Crippen LogP contribution in [-0.4, -0.2) is 22.2 Å². The maximum absolute atomic E-state index is 12.3. The predicted molar refractivity (Wildman–Crippen MR) is 65.4 cm³/mol. The summed E-state index contributed by atoms with van der Waals surface area (Å²) in [7, 11) is 1.70. The highest BCUT2D eigenvalue weighted by Gasteiger charge is 2.23. The van der Waals surface area contributed by atoms with Crippen molar-refractivity contribution in [2.45, 2.75) is 6.04 Å². The molecule has 5 nitrogen and oxygen atoms in total. The molecule has 5 heteroatoms. The Balaban J connectivity index is 2.44. The number of hydrogen-bond donors (Lipinski definition) is 1. The van der Waals surface area contributed by atoms with Crippen LogP contribution in [-0.2, 0) is 7.05 Å². The summed E-state index contributed by atoms with van der Waals surface area (Å²) in [5.41, 5.74) is 0.265. The van der Waals surface area contributed by atoms with Gasteiger partial charge in [-0.2, -0.15) is 0 Å². The lowest BCUT2D eigenvalue weighted by Crippen LogP contribution is -2.53. The van der Waals surface area contributed by atoms with Crippen LogP contribution in [0.15, 0.2) is 33.9 Å². The molecule has 1 fully saturated rings. The average Bonchev–Trinajstić information content (AvgIpc) is 2.29. The summed E-state index contributed by atoms with van der Waals surface area (Å²) in [5, 5.41) is 3.67. The van der Waals surface area contributed by atoms with E-state index in [0.29, 0.717) is 24.0 Å². The van der Waals surface area contributed by atoms with Crippen molar-refractivity contribution in [3.05, 3.63) is 45.1 Å². The molecule has 0 saturated carbocycles. The molecular formula is C12H13N3O2. The van der Waals surface area contributed by atoms with Gasteiger partial charge in [-0.05, 0) is 12.1 Å². The van der Waals surface area contributed by atoms with Crippen LogP contribution in [0, 0.1) is 0 Å². The highest BCUT2D eigenvalue weighted by Crippen LogP contribution is 2.10. The molecule has 1 aliphatic heterocycles. The van der Waals surface area contributed by atoms with Crippen molar-refractivity contribution in [3.63, 3.8) is 0 Å². The molecule has 1 N–H and O–H groups in total. The van der Waals surface area contributed by atoms with Crippen molar-refractivity contribution < 1.29 is 0 Å². The summed E-state index contributed by atoms with van der Waals surface area (Å²) in [6.07, 6.45) is 0. The van der Waals surface area contributed by atoms with Crippen LogP contribution in [0.5, 0.6) is 0 Å². The number of rotatable bonds is 1. The lowest BCUT2D eigenvalue weighted by molar-refractivity contribution is 0.323. The summed E-state index contributed by atoms with van der Waals surface area (Å²) in [6, 6.07) is 7.20. The van der Waals surface area contributed by atoms with Gasteiger partial charge < -0.3 is 5.32 Å². The first-order valence-corrected chi connectivity index (χ1v) is 5.61. The zero-order valence-corrected chi connectivity index (χ0v) is 9.51. The first-order chi connectivity index (χ1) is 8.20. The van der Waals surface area contributed by atoms with Gasteiger partial charge in [0, 0.05) is 20.1 Å². The first kappa shape index (κ1) is 10.3. The maximum Gasteiger partial charge on any atom is 0.331 e. The van der Waals surface area contributed by atoms with E-state index in [9.17, 15) is 9.59 Å². The summed E-state index contributed by atoms with van der Waals surface area (Å²) < 4.78 is 2.90. The largest absolute Gasteiger partial charge is 0.331 e. The Morgan fingerprint density at radius 2 is 1.94 bits per heavy atom. The molecule has 0 aliphatic carbocycles. The standard InChI is InChI=1S/C12H13N3O2/c1-14-10-5-3-2-4-9(10)11(16)15(12(14)17)8-6-13-7-8/h2-5,8,13H,6-7H2,1H3. The monoisotopic (exact) mass is 231 g/mol. The molecule has 1 aromatic carbocycles. The minimum Gasteiger partial charge on any atom is -0.312 e. The van der Waals surface area contributed by atoms with Crippen LogP contribution < -0.4 is 16.6 Å². The van der Waals surface area contributed by atoms with E-state index in [1.165, 1.54) is 9.13 Å². The minimum atomic E-state index is -0.236. The third-order valence-electron chi connectivity index (χ3n) is 3.33. The van der Waals surface area contributed by atoms with Crippen LogP contribution in [0.1, 0.15) is 6.04 Å². The van der Waals surface area contributed by atoms with Gasteiger partial charge in [-0.3, -0.25) is 13.9 Å². The summed E-state index contributed by atoms with van der Waals surface area (Å²) >= 11 is 0. The number of hydrogen-bond acceptors (Lipinski definition) is 3. The molecule has 17 heavy (non-hydrogen) atoms. The van der Waals surface area contributed by atoms with E-state index >= 15 is 0 Å². The predicted octanol–water partition coefficient (Wildman–Crippen LogP) is -0.155. The van der Waals surface area contributed by atoms with E-state index in [2.05, 4.69) is 5.32 Å². The SMILES string of the molecule is Cn1c(=O)n(C2CNC2)c(=O)c2ccccc21. The maximum atomic E-state index is 12.3. The van der Waals surface area contributed by atoms with Crippen LogP contribution in [0.4, 0.5) is 0 Å². The molecule has 0 unspecified atom stereocenters. The summed E-state index contributed by atoms with van der Waals surface area (Å²) in [6.45, 7) is 1.38. The third-order valence-corrected chi connectivity index (χ3v) is 3.33. The smallest absolute Gasteiger partial charge is 0.312 e. The highest BCUT2D eigenvalue weighted by molar-refractivity contribution is 5.77. The fourth-order valence-corrected chi connectivity index (χ4v) is 2.21. The second-order valence-corrected chi connectivity index (χ2v) is 4.35. The van der Waals surface area contributed by atoms with Gasteiger partial charge in [0.05, 0.1) is 16.9 Å². The Morgan fingerprint density at radius 3 is 2.59 bits per heavy atom. The van der Waals surface area contributed by atoms with Crippen LogP contribution in [0.3, 0.4) is 0 Å². The highest BCUT2D eigenvalue weighted by atomic mass is 16.2. The number of nitrogens with one attached hydrogen (secondary N) is 1. The van der Waals surface area contributed by atoms with E-state index in [1.54, 1.807) is 19.2 Å². The zero-order valence-electron chi connectivity index (χ0n) is 9.51. The molecule has 2 heterocycles. The fraction of sp³-hybridized carbons (Fsp3) is 0.333. The van der Waals surface area contributed by atoms with Crippen LogP contribution >= 0.6 is 0 Å². The number of benzene rings is 1. The quantitative estimate of drug-likeness (QED) is 0.742. The van der Waals surface area contributed by atoms with Gasteiger partial charge >= 0.3 is 5.69 Å². The molecule has 0 spiro atoms. The molecular weight excluding hydrogens is 218 g/mol. The second kappa shape index (κ2) is 3.56. The Bertz CT molecular complexity index is 695. The normalized spacial score (nSPS) is 16.1. The third kappa shape index (κ3) is 1.36. The van der Waals surface area contributed by atoms with Gasteiger partial charge in [-0.1, -0.05) is 12.1 Å². The molecule has 1 aromatic heterocycles. The summed E-state index contributed by atoms with van der Waals surface area (Å²) in [5.74, 6) is 0.